The van der Waals surface area contributed by atoms with Crippen LogP contribution in [0.15, 0.2) is 33.6 Å². The maximum Gasteiger partial charge on any atom is 0.414 e. The van der Waals surface area contributed by atoms with Crippen LogP contribution in [0.3, 0.4) is 0 Å². The van der Waals surface area contributed by atoms with Gasteiger partial charge in [-0.05, 0) is 43.2 Å². The Morgan fingerprint density at radius 1 is 1.31 bits per heavy atom. The number of piperidine rings is 1. The summed E-state index contributed by atoms with van der Waals surface area (Å²) in [7, 11) is 0. The monoisotopic (exact) mass is 491 g/mol. The van der Waals surface area contributed by atoms with Gasteiger partial charge in [0.15, 0.2) is 0 Å². The third-order valence-electron chi connectivity index (χ3n) is 6.37. The van der Waals surface area contributed by atoms with Gasteiger partial charge in [-0.2, -0.15) is 5.11 Å². The molecule has 1 aromatic carbocycles. The number of nitrogens with zero attached hydrogens (tertiary/aromatic N) is 6. The molecule has 2 atom stereocenters. The Balaban J connectivity index is 1.29. The van der Waals surface area contributed by atoms with E-state index in [1.165, 1.54) is 11.0 Å². The number of hydrogen-bond acceptors (Lipinski definition) is 8. The molecule has 35 heavy (non-hydrogen) atoms. The van der Waals surface area contributed by atoms with Gasteiger partial charge in [-0.3, -0.25) is 10.2 Å². The third kappa shape index (κ3) is 6.55. The Morgan fingerprint density at radius 3 is 2.74 bits per heavy atom. The number of hydrogen-bond donors (Lipinski definition) is 4. The Morgan fingerprint density at radius 2 is 2.06 bits per heavy atom. The van der Waals surface area contributed by atoms with Crippen LogP contribution in [0.4, 0.5) is 20.6 Å². The van der Waals surface area contributed by atoms with E-state index in [2.05, 4.69) is 26.1 Å². The summed E-state index contributed by atoms with van der Waals surface area (Å²) in [5.41, 5.74) is 6.91. The molecule has 4 rings (SSSR count). The number of piperazine rings is 1. The maximum absolute atomic E-state index is 15.0. The summed E-state index contributed by atoms with van der Waals surface area (Å²) < 4.78 is 20.3. The van der Waals surface area contributed by atoms with E-state index in [4.69, 9.17) is 10.5 Å². The molecule has 1 amide bonds. The van der Waals surface area contributed by atoms with Crippen LogP contribution in [0.2, 0.25) is 0 Å². The van der Waals surface area contributed by atoms with Gasteiger partial charge >= 0.3 is 6.09 Å². The molecule has 3 aliphatic rings. The van der Waals surface area contributed by atoms with E-state index in [1.54, 1.807) is 19.1 Å². The van der Waals surface area contributed by atoms with E-state index in [-0.39, 0.29) is 12.6 Å². The van der Waals surface area contributed by atoms with Gasteiger partial charge < -0.3 is 30.7 Å². The highest BCUT2D eigenvalue weighted by Crippen LogP contribution is 2.30. The number of ether oxygens (including phenoxy) is 1. The van der Waals surface area contributed by atoms with Crippen molar-refractivity contribution in [2.75, 3.05) is 62.2 Å². The van der Waals surface area contributed by atoms with E-state index < -0.39 is 24.2 Å². The summed E-state index contributed by atoms with van der Waals surface area (Å²) in [6.07, 6.45) is -0.187. The molecular weight excluding hydrogens is 457 g/mol. The van der Waals surface area contributed by atoms with Gasteiger partial charge in [-0.15, -0.1) is 0 Å². The highest BCUT2D eigenvalue weighted by atomic mass is 19.1. The molecule has 0 saturated carbocycles. The first-order valence-corrected chi connectivity index (χ1v) is 12.0. The SMILES string of the molecule is CC(O)NC[C@H]1CN(c2ccc(N3CCC(N=N/N=C(\N)N4CCNCC4)CC3)c(F)c2)C(=O)O1. The van der Waals surface area contributed by atoms with E-state index in [9.17, 15) is 14.3 Å². The number of nitrogens with two attached hydrogens (primary N) is 1. The normalized spacial score (nSPS) is 23.3. The number of guanidine groups is 1. The van der Waals surface area contributed by atoms with E-state index in [0.29, 0.717) is 37.0 Å². The van der Waals surface area contributed by atoms with Crippen molar-refractivity contribution in [3.05, 3.63) is 24.0 Å². The molecule has 1 aromatic rings. The van der Waals surface area contributed by atoms with E-state index in [0.717, 1.165) is 39.0 Å². The largest absolute Gasteiger partial charge is 0.443 e. The summed E-state index contributed by atoms with van der Waals surface area (Å²) in [5, 5.41) is 27.7. The molecular formula is C22H34FN9O3. The highest BCUT2D eigenvalue weighted by molar-refractivity contribution is 5.90. The lowest BCUT2D eigenvalue weighted by Gasteiger charge is -2.32. The number of carbonyl (C=O) groups excluding carboxylic acids is 1. The number of halogens is 1. The number of aliphatic hydroxyl groups is 1. The van der Waals surface area contributed by atoms with Crippen molar-refractivity contribution in [2.45, 2.75) is 38.1 Å². The van der Waals surface area contributed by atoms with Gasteiger partial charge in [0.2, 0.25) is 5.96 Å². The zero-order chi connectivity index (χ0) is 24.8. The zero-order valence-electron chi connectivity index (χ0n) is 19.9. The standard InChI is InChI=1S/C22H34FN9O3/c1-15(33)26-13-18-14-32(22(34)35-18)17-2-3-20(19(23)12-17)30-8-4-16(5-9-30)27-29-28-21(24)31-10-6-25-7-11-31/h2-3,12,15-16,18,25-26,33H,4-11,13-14H2,1H3,(H2,24,27,28)/t15?,18-/m0/s1. The third-order valence-corrected chi connectivity index (χ3v) is 6.37. The van der Waals surface area contributed by atoms with Gasteiger partial charge in [0.1, 0.15) is 18.1 Å². The molecule has 0 aliphatic carbocycles. The molecule has 0 radical (unpaired) electrons. The van der Waals surface area contributed by atoms with Gasteiger partial charge in [-0.1, -0.05) is 5.10 Å². The molecule has 13 heteroatoms. The number of cyclic esters (lactones) is 1. The van der Waals surface area contributed by atoms with Crippen molar-refractivity contribution < 1.29 is 19.0 Å². The summed E-state index contributed by atoms with van der Waals surface area (Å²) in [6.45, 7) is 6.80. The molecule has 0 aromatic heterocycles. The van der Waals surface area contributed by atoms with Crippen molar-refractivity contribution in [3.8, 4) is 0 Å². The Bertz CT molecular complexity index is 931. The Labute approximate surface area is 204 Å². The summed E-state index contributed by atoms with van der Waals surface area (Å²) in [5.74, 6) is -0.0170. The molecule has 3 saturated heterocycles. The van der Waals surface area contributed by atoms with Crippen molar-refractivity contribution in [1.82, 2.24) is 15.5 Å². The summed E-state index contributed by atoms with van der Waals surface area (Å²) in [6, 6.07) is 4.80. The van der Waals surface area contributed by atoms with Crippen LogP contribution in [0, 0.1) is 5.82 Å². The Kier molecular flexibility index (Phi) is 8.31. The van der Waals surface area contributed by atoms with Crippen molar-refractivity contribution in [2.24, 2.45) is 21.2 Å². The predicted octanol–water partition coefficient (Wildman–Crippen LogP) is 0.635. The first-order valence-electron chi connectivity index (χ1n) is 12.0. The van der Waals surface area contributed by atoms with Crippen molar-refractivity contribution >= 4 is 23.4 Å². The highest BCUT2D eigenvalue weighted by Gasteiger charge is 2.33. The number of amides is 1. The second-order valence-corrected chi connectivity index (χ2v) is 8.95. The lowest BCUT2D eigenvalue weighted by atomic mass is 10.0. The van der Waals surface area contributed by atoms with Gasteiger partial charge in [0.05, 0.1) is 24.0 Å². The maximum atomic E-state index is 15.0. The van der Waals surface area contributed by atoms with Gasteiger partial charge in [0, 0.05) is 45.8 Å². The minimum absolute atomic E-state index is 0.0136. The predicted molar refractivity (Wildman–Crippen MR) is 130 cm³/mol. The first-order chi connectivity index (χ1) is 16.9. The molecule has 3 heterocycles. The number of aliphatic hydroxyl groups excluding tert-OH is 1. The second-order valence-electron chi connectivity index (χ2n) is 8.95. The molecule has 3 fully saturated rings. The lowest BCUT2D eigenvalue weighted by molar-refractivity contribution is 0.110. The second kappa shape index (κ2) is 11.6. The molecule has 192 valence electrons. The fraction of sp³-hybridized carbons (Fsp3) is 0.636. The molecule has 0 spiro atoms. The van der Waals surface area contributed by atoms with Crippen LogP contribution in [0.25, 0.3) is 0 Å². The lowest BCUT2D eigenvalue weighted by Crippen LogP contribution is -2.49. The smallest absolute Gasteiger partial charge is 0.414 e. The molecule has 12 nitrogen and oxygen atoms in total. The number of rotatable bonds is 7. The van der Waals surface area contributed by atoms with E-state index >= 15 is 0 Å². The number of carbonyl (C=O) groups is 1. The minimum atomic E-state index is -0.701. The molecule has 3 aliphatic heterocycles. The summed E-state index contributed by atoms with van der Waals surface area (Å²) in [4.78, 5) is 17.6. The molecule has 0 bridgehead atoms. The Hall–Kier alpha value is -3.03. The van der Waals surface area contributed by atoms with Crippen LogP contribution >= 0.6 is 0 Å². The summed E-state index contributed by atoms with van der Waals surface area (Å²) >= 11 is 0. The van der Waals surface area contributed by atoms with Crippen molar-refractivity contribution in [1.29, 1.82) is 0 Å². The quantitative estimate of drug-likeness (QED) is 0.143. The number of nitrogens with one attached hydrogen (secondary N) is 2. The van der Waals surface area contributed by atoms with Gasteiger partial charge in [0.25, 0.3) is 0 Å². The minimum Gasteiger partial charge on any atom is -0.443 e. The zero-order valence-corrected chi connectivity index (χ0v) is 19.9. The van der Waals surface area contributed by atoms with Crippen LogP contribution in [0.5, 0.6) is 0 Å². The average Bonchev–Trinajstić information content (AvgIpc) is 3.24. The topological polar surface area (TPSA) is 143 Å². The fourth-order valence-electron chi connectivity index (χ4n) is 4.38. The van der Waals surface area contributed by atoms with Crippen LogP contribution < -0.4 is 26.2 Å². The first kappa shape index (κ1) is 25.1. The average molecular weight is 492 g/mol. The van der Waals surface area contributed by atoms with Crippen LogP contribution in [-0.2, 0) is 4.74 Å². The van der Waals surface area contributed by atoms with Crippen molar-refractivity contribution in [3.63, 3.8) is 0 Å². The van der Waals surface area contributed by atoms with Gasteiger partial charge in [-0.25, -0.2) is 9.18 Å². The number of benzene rings is 1. The fourth-order valence-corrected chi connectivity index (χ4v) is 4.38. The molecule has 5 N–H and O–H groups in total. The number of anilines is 2. The van der Waals surface area contributed by atoms with Crippen LogP contribution in [0.1, 0.15) is 19.8 Å². The molecule has 1 unspecified atom stereocenters. The van der Waals surface area contributed by atoms with E-state index in [1.807, 2.05) is 9.80 Å². The van der Waals surface area contributed by atoms with Crippen LogP contribution in [-0.4, -0.2) is 92.8 Å².